The van der Waals surface area contributed by atoms with Crippen LogP contribution < -0.4 is 0 Å². The summed E-state index contributed by atoms with van der Waals surface area (Å²) in [6.45, 7) is 16.6. The Morgan fingerprint density at radius 2 is 1.94 bits per heavy atom. The molecule has 3 aliphatic carbocycles. The fourth-order valence-corrected chi connectivity index (χ4v) is 8.55. The molecule has 0 aromatic rings. The van der Waals surface area contributed by atoms with Gasteiger partial charge in [0.25, 0.3) is 0 Å². The van der Waals surface area contributed by atoms with E-state index in [1.165, 1.54) is 0 Å². The van der Waals surface area contributed by atoms with Gasteiger partial charge < -0.3 is 19.3 Å². The smallest absolute Gasteiger partial charge is 0.213 e. The molecule has 0 amide bonds. The predicted molar refractivity (Wildman–Crippen MR) is 117 cm³/mol. The lowest BCUT2D eigenvalue weighted by molar-refractivity contribution is -0.527. The van der Waals surface area contributed by atoms with Crippen molar-refractivity contribution in [3.8, 4) is 0 Å². The van der Waals surface area contributed by atoms with Crippen LogP contribution in [0.2, 0.25) is 0 Å². The molecule has 5 nitrogen and oxygen atoms in total. The van der Waals surface area contributed by atoms with Crippen LogP contribution in [0.5, 0.6) is 0 Å². The number of hydrogen-bond acceptors (Lipinski definition) is 5. The van der Waals surface area contributed by atoms with Crippen molar-refractivity contribution >= 4 is 5.78 Å². The lowest BCUT2D eigenvalue weighted by atomic mass is 9.35. The average Bonchev–Trinajstić information content (AvgIpc) is 2.68. The van der Waals surface area contributed by atoms with E-state index in [9.17, 15) is 9.90 Å². The highest BCUT2D eigenvalue weighted by atomic mass is 16.8. The summed E-state index contributed by atoms with van der Waals surface area (Å²) < 4.78 is 19.8. The maximum Gasteiger partial charge on any atom is 0.213 e. The first-order valence-electron chi connectivity index (χ1n) is 12.0. The average molecular weight is 431 g/mol. The Bertz CT molecular complexity index is 862. The highest BCUT2D eigenvalue weighted by Gasteiger charge is 2.85. The van der Waals surface area contributed by atoms with Gasteiger partial charge in [-0.3, -0.25) is 4.79 Å². The van der Waals surface area contributed by atoms with Crippen LogP contribution in [0.4, 0.5) is 0 Å². The molecule has 9 atom stereocenters. The van der Waals surface area contributed by atoms with Gasteiger partial charge in [-0.05, 0) is 58.3 Å². The number of aliphatic hydroxyl groups excluding tert-OH is 1. The summed E-state index contributed by atoms with van der Waals surface area (Å²) in [5.74, 6) is -2.40. The number of ketones is 1. The molecular formula is C26H38O5. The summed E-state index contributed by atoms with van der Waals surface area (Å²) in [6.07, 6.45) is 6.86. The Morgan fingerprint density at radius 1 is 1.23 bits per heavy atom. The van der Waals surface area contributed by atoms with Crippen LogP contribution in [0, 0.1) is 34.0 Å². The van der Waals surface area contributed by atoms with Gasteiger partial charge in [-0.1, -0.05) is 44.6 Å². The van der Waals surface area contributed by atoms with Gasteiger partial charge >= 0.3 is 0 Å². The van der Waals surface area contributed by atoms with E-state index in [0.717, 1.165) is 31.3 Å². The first-order valence-corrected chi connectivity index (χ1v) is 12.0. The van der Waals surface area contributed by atoms with Crippen molar-refractivity contribution in [1.82, 2.24) is 0 Å². The van der Waals surface area contributed by atoms with Crippen molar-refractivity contribution in [2.24, 2.45) is 34.0 Å². The Balaban J connectivity index is 1.82. The van der Waals surface area contributed by atoms with Crippen molar-refractivity contribution in [2.75, 3.05) is 6.61 Å². The predicted octanol–water partition coefficient (Wildman–Crippen LogP) is 4.40. The molecule has 1 unspecified atom stereocenters. The van der Waals surface area contributed by atoms with Crippen LogP contribution in [0.25, 0.3) is 0 Å². The summed E-state index contributed by atoms with van der Waals surface area (Å²) in [5, 5.41) is 12.2. The molecule has 6 rings (SSSR count). The molecule has 5 heteroatoms. The zero-order chi connectivity index (χ0) is 22.6. The fourth-order valence-electron chi connectivity index (χ4n) is 8.55. The summed E-state index contributed by atoms with van der Waals surface area (Å²) in [7, 11) is 0. The van der Waals surface area contributed by atoms with Crippen molar-refractivity contribution in [3.63, 3.8) is 0 Å². The van der Waals surface area contributed by atoms with E-state index < -0.39 is 34.6 Å². The fraction of sp³-hybridized carbons (Fsp3) is 0.808. The molecule has 172 valence electrons. The maximum absolute atomic E-state index is 13.8. The number of allylic oxidation sites excluding steroid dienone is 1. The molecule has 2 saturated carbocycles. The van der Waals surface area contributed by atoms with Crippen LogP contribution in [0.1, 0.15) is 67.2 Å². The van der Waals surface area contributed by atoms with Crippen molar-refractivity contribution < 1.29 is 24.1 Å². The van der Waals surface area contributed by atoms with Gasteiger partial charge in [-0.2, -0.15) is 0 Å². The number of hydrogen-bond donors (Lipinski definition) is 1. The molecule has 3 saturated heterocycles. The SMILES string of the molecule is C=C(C)[C@@H]1CC[C@H]2[C@]34C=CC[C@@](C)(CC)[C@H]3[C@H](O)C3(OC4)OC(C)(C)O[C@H]1[C@@]23C(C)=O. The summed E-state index contributed by atoms with van der Waals surface area (Å²) in [5.41, 5.74) is -0.531. The first-order chi connectivity index (χ1) is 14.4. The van der Waals surface area contributed by atoms with Gasteiger partial charge in [0.1, 0.15) is 17.3 Å². The number of aliphatic hydroxyl groups is 1. The normalized spacial score (nSPS) is 54.1. The van der Waals surface area contributed by atoms with E-state index in [1.54, 1.807) is 6.92 Å². The van der Waals surface area contributed by atoms with Gasteiger partial charge in [0.05, 0.1) is 12.7 Å². The van der Waals surface area contributed by atoms with E-state index in [4.69, 9.17) is 14.2 Å². The second kappa shape index (κ2) is 6.31. The molecule has 1 N–H and O–H groups in total. The molecule has 2 spiro atoms. The minimum atomic E-state index is -1.40. The van der Waals surface area contributed by atoms with Gasteiger partial charge in [0, 0.05) is 17.3 Å². The van der Waals surface area contributed by atoms with E-state index >= 15 is 0 Å². The topological polar surface area (TPSA) is 65.0 Å². The molecule has 0 aromatic heterocycles. The number of carbonyl (C=O) groups excluding carboxylic acids is 1. The first kappa shape index (κ1) is 21.8. The quantitative estimate of drug-likeness (QED) is 0.673. The Kier molecular flexibility index (Phi) is 4.44. The maximum atomic E-state index is 13.8. The zero-order valence-electron chi connectivity index (χ0n) is 19.9. The van der Waals surface area contributed by atoms with E-state index in [0.29, 0.717) is 6.61 Å². The lowest BCUT2D eigenvalue weighted by Gasteiger charge is -2.78. The molecular weight excluding hydrogens is 392 g/mol. The second-order valence-electron chi connectivity index (χ2n) is 11.7. The Labute approximate surface area is 186 Å². The van der Waals surface area contributed by atoms with Crippen LogP contribution in [-0.2, 0) is 19.0 Å². The zero-order valence-corrected chi connectivity index (χ0v) is 19.9. The number of carbonyl (C=O) groups is 1. The minimum Gasteiger partial charge on any atom is -0.387 e. The molecule has 2 bridgehead atoms. The van der Waals surface area contributed by atoms with Crippen LogP contribution in [0.15, 0.2) is 24.3 Å². The molecule has 0 radical (unpaired) electrons. The van der Waals surface area contributed by atoms with Crippen LogP contribution in [0.3, 0.4) is 0 Å². The summed E-state index contributed by atoms with van der Waals surface area (Å²) in [6, 6.07) is 0. The van der Waals surface area contributed by atoms with Crippen LogP contribution >= 0.6 is 0 Å². The van der Waals surface area contributed by atoms with E-state index in [1.807, 2.05) is 20.8 Å². The number of ether oxygens (including phenoxy) is 3. The van der Waals surface area contributed by atoms with Gasteiger partial charge in [-0.25, -0.2) is 0 Å². The molecule has 31 heavy (non-hydrogen) atoms. The number of fused-ring (bicyclic) bond motifs is 1. The summed E-state index contributed by atoms with van der Waals surface area (Å²) in [4.78, 5) is 13.8. The molecule has 6 aliphatic rings. The Morgan fingerprint density at radius 3 is 2.55 bits per heavy atom. The molecule has 3 aliphatic heterocycles. The van der Waals surface area contributed by atoms with Crippen molar-refractivity contribution in [2.45, 2.75) is 91.0 Å². The third-order valence-electron chi connectivity index (χ3n) is 9.77. The van der Waals surface area contributed by atoms with Crippen LogP contribution in [-0.4, -0.2) is 41.3 Å². The molecule has 0 aromatic carbocycles. The third kappa shape index (κ3) is 2.29. The molecule has 3 heterocycles. The second-order valence-corrected chi connectivity index (χ2v) is 11.7. The van der Waals surface area contributed by atoms with Gasteiger partial charge in [-0.15, -0.1) is 0 Å². The Hall–Kier alpha value is -1.01. The minimum absolute atomic E-state index is 0.00113. The number of rotatable bonds is 3. The summed E-state index contributed by atoms with van der Waals surface area (Å²) >= 11 is 0. The highest BCUT2D eigenvalue weighted by molar-refractivity contribution is 5.86. The lowest BCUT2D eigenvalue weighted by Crippen LogP contribution is -2.88. The third-order valence-corrected chi connectivity index (χ3v) is 9.77. The monoisotopic (exact) mass is 430 g/mol. The van der Waals surface area contributed by atoms with E-state index in [2.05, 4.69) is 32.6 Å². The largest absolute Gasteiger partial charge is 0.387 e. The number of Topliss-reactive ketones (excluding diaryl/α,β-unsaturated/α-hetero) is 1. The standard InChI is InChI=1S/C26H38O5/c1-8-23(7)12-9-13-24-14-29-26(20(28)19(23)24)25(16(4)27)18(24)11-10-17(15(2)3)21(25)30-22(5,6)31-26/h9,13,17-21,28H,2,8,10-12,14H2,1,3-7H3/t17-,18-,19+,20-,21+,23+,24+,25+,26?/m0/s1. The van der Waals surface area contributed by atoms with E-state index in [-0.39, 0.29) is 29.0 Å². The molecule has 5 fully saturated rings. The van der Waals surface area contributed by atoms with Crippen molar-refractivity contribution in [3.05, 3.63) is 24.3 Å². The van der Waals surface area contributed by atoms with Crippen molar-refractivity contribution in [1.29, 1.82) is 0 Å². The van der Waals surface area contributed by atoms with Gasteiger partial charge in [0.2, 0.25) is 5.79 Å². The van der Waals surface area contributed by atoms with Gasteiger partial charge in [0.15, 0.2) is 5.79 Å². The highest BCUT2D eigenvalue weighted by Crippen LogP contribution is 2.76.